The van der Waals surface area contributed by atoms with E-state index in [1.54, 1.807) is 6.07 Å². The normalized spacial score (nSPS) is 10.7. The van der Waals surface area contributed by atoms with Gasteiger partial charge in [0.2, 0.25) is 5.82 Å². The molecule has 0 bridgehead atoms. The van der Waals surface area contributed by atoms with Crippen LogP contribution in [0.5, 0.6) is 11.5 Å². The predicted molar refractivity (Wildman–Crippen MR) is 60.4 cm³/mol. The number of ether oxygens (including phenoxy) is 2. The molecule has 0 aliphatic carbocycles. The molecule has 0 fully saturated rings. The molecular weight excluding hydrogens is 285 g/mol. The van der Waals surface area contributed by atoms with Gasteiger partial charge in [-0.15, -0.1) is 11.3 Å². The first kappa shape index (κ1) is 10.6. The third-order valence-electron chi connectivity index (χ3n) is 1.94. The summed E-state index contributed by atoms with van der Waals surface area (Å²) in [7, 11) is 2.82. The van der Waals surface area contributed by atoms with Crippen molar-refractivity contribution in [1.29, 1.82) is 0 Å². The Morgan fingerprint density at radius 2 is 2.13 bits per heavy atom. The van der Waals surface area contributed by atoms with E-state index in [2.05, 4.69) is 20.9 Å². The van der Waals surface area contributed by atoms with Crippen LogP contribution in [-0.4, -0.2) is 19.2 Å². The number of nitrogens with zero attached hydrogens (tertiary/aromatic N) is 1. The van der Waals surface area contributed by atoms with Crippen LogP contribution in [0.2, 0.25) is 0 Å². The van der Waals surface area contributed by atoms with E-state index in [0.29, 0.717) is 9.43 Å². The van der Waals surface area contributed by atoms with Crippen LogP contribution in [0, 0.1) is 5.82 Å². The second kappa shape index (κ2) is 3.94. The second-order valence-electron chi connectivity index (χ2n) is 2.74. The molecule has 0 aliphatic heterocycles. The van der Waals surface area contributed by atoms with Crippen LogP contribution in [0.15, 0.2) is 9.98 Å². The van der Waals surface area contributed by atoms with Crippen molar-refractivity contribution in [2.24, 2.45) is 0 Å². The summed E-state index contributed by atoms with van der Waals surface area (Å²) in [5, 5.41) is 0. The molecule has 3 nitrogen and oxygen atoms in total. The lowest BCUT2D eigenvalue weighted by Gasteiger charge is -2.06. The summed E-state index contributed by atoms with van der Waals surface area (Å²) in [5.74, 6) is -0.243. The molecule has 0 spiro atoms. The first-order valence-corrected chi connectivity index (χ1v) is 5.65. The van der Waals surface area contributed by atoms with Crippen LogP contribution in [0.3, 0.4) is 0 Å². The van der Waals surface area contributed by atoms with E-state index in [4.69, 9.17) is 9.47 Å². The van der Waals surface area contributed by atoms with Crippen LogP contribution in [0.1, 0.15) is 0 Å². The summed E-state index contributed by atoms with van der Waals surface area (Å²) < 4.78 is 25.1. The monoisotopic (exact) mass is 291 g/mol. The highest BCUT2D eigenvalue weighted by atomic mass is 79.9. The van der Waals surface area contributed by atoms with Crippen molar-refractivity contribution in [3.05, 3.63) is 15.8 Å². The Morgan fingerprint density at radius 1 is 1.40 bits per heavy atom. The number of benzene rings is 1. The zero-order valence-corrected chi connectivity index (χ0v) is 10.4. The van der Waals surface area contributed by atoms with Gasteiger partial charge in [0.15, 0.2) is 15.4 Å². The highest BCUT2D eigenvalue weighted by Gasteiger charge is 2.17. The van der Waals surface area contributed by atoms with E-state index in [0.717, 1.165) is 4.70 Å². The standard InChI is InChI=1S/C9H7BrFNO2S/c1-13-4-3-5-7(12-9(10)15-5)8(14-2)6(4)11/h3H,1-2H3. The SMILES string of the molecule is COc1cc2sc(Br)nc2c(OC)c1F. The van der Waals surface area contributed by atoms with Crippen molar-refractivity contribution < 1.29 is 13.9 Å². The average Bonchev–Trinajstić information content (AvgIpc) is 2.57. The predicted octanol–water partition coefficient (Wildman–Crippen LogP) is 3.22. The smallest absolute Gasteiger partial charge is 0.209 e. The van der Waals surface area contributed by atoms with Gasteiger partial charge in [-0.25, -0.2) is 4.98 Å². The van der Waals surface area contributed by atoms with Crippen LogP contribution in [0.25, 0.3) is 10.2 Å². The third-order valence-corrected chi connectivity index (χ3v) is 3.40. The molecule has 80 valence electrons. The average molecular weight is 292 g/mol. The topological polar surface area (TPSA) is 31.4 Å². The van der Waals surface area contributed by atoms with Crippen molar-refractivity contribution in [3.63, 3.8) is 0 Å². The lowest BCUT2D eigenvalue weighted by molar-refractivity contribution is 0.354. The molecular formula is C9H7BrFNO2S. The van der Waals surface area contributed by atoms with Gasteiger partial charge in [-0.3, -0.25) is 0 Å². The number of methoxy groups -OCH3 is 2. The minimum Gasteiger partial charge on any atom is -0.493 e. The van der Waals surface area contributed by atoms with Crippen molar-refractivity contribution in [2.75, 3.05) is 14.2 Å². The molecule has 1 heterocycles. The highest BCUT2D eigenvalue weighted by molar-refractivity contribution is 9.11. The number of rotatable bonds is 2. The molecule has 0 unspecified atom stereocenters. The molecule has 15 heavy (non-hydrogen) atoms. The van der Waals surface area contributed by atoms with Crippen LogP contribution < -0.4 is 9.47 Å². The van der Waals surface area contributed by atoms with Gasteiger partial charge in [0.1, 0.15) is 5.52 Å². The summed E-state index contributed by atoms with van der Waals surface area (Å²) in [6, 6.07) is 1.61. The summed E-state index contributed by atoms with van der Waals surface area (Å²) in [6.07, 6.45) is 0. The van der Waals surface area contributed by atoms with Crippen molar-refractivity contribution >= 4 is 37.5 Å². The summed E-state index contributed by atoms with van der Waals surface area (Å²) in [6.45, 7) is 0. The number of hydrogen-bond donors (Lipinski definition) is 0. The molecule has 0 radical (unpaired) electrons. The molecule has 0 amide bonds. The zero-order chi connectivity index (χ0) is 11.0. The van der Waals surface area contributed by atoms with E-state index >= 15 is 0 Å². The van der Waals surface area contributed by atoms with Gasteiger partial charge in [0.25, 0.3) is 0 Å². The summed E-state index contributed by atoms with van der Waals surface area (Å²) in [5.41, 5.74) is 0.507. The third kappa shape index (κ3) is 1.68. The fraction of sp³-hybridized carbons (Fsp3) is 0.222. The van der Waals surface area contributed by atoms with Gasteiger partial charge in [-0.05, 0) is 15.9 Å². The lowest BCUT2D eigenvalue weighted by atomic mass is 10.3. The lowest BCUT2D eigenvalue weighted by Crippen LogP contribution is -1.94. The highest BCUT2D eigenvalue weighted by Crippen LogP contribution is 2.38. The summed E-state index contributed by atoms with van der Waals surface area (Å²) in [4.78, 5) is 4.13. The van der Waals surface area contributed by atoms with E-state index in [-0.39, 0.29) is 11.5 Å². The molecule has 6 heteroatoms. The van der Waals surface area contributed by atoms with Crippen LogP contribution in [0.4, 0.5) is 4.39 Å². The molecule has 2 rings (SSSR count). The molecule has 1 aromatic heterocycles. The Bertz CT molecular complexity index is 514. The molecule has 0 atom stereocenters. The minimum atomic E-state index is -0.523. The van der Waals surface area contributed by atoms with Gasteiger partial charge in [0, 0.05) is 6.07 Å². The zero-order valence-electron chi connectivity index (χ0n) is 8.01. The number of hydrogen-bond acceptors (Lipinski definition) is 4. The largest absolute Gasteiger partial charge is 0.493 e. The second-order valence-corrected chi connectivity index (χ2v) is 5.05. The van der Waals surface area contributed by atoms with Crippen LogP contribution >= 0.6 is 27.3 Å². The van der Waals surface area contributed by atoms with E-state index < -0.39 is 5.82 Å². The van der Waals surface area contributed by atoms with E-state index in [1.807, 2.05) is 0 Å². The molecule has 1 aromatic carbocycles. The Balaban J connectivity index is 2.82. The number of thiazole rings is 1. The Kier molecular flexibility index (Phi) is 2.79. The number of fused-ring (bicyclic) bond motifs is 1. The van der Waals surface area contributed by atoms with Crippen LogP contribution in [-0.2, 0) is 0 Å². The molecule has 0 aliphatic rings. The van der Waals surface area contributed by atoms with Gasteiger partial charge >= 0.3 is 0 Å². The number of aromatic nitrogens is 1. The first-order chi connectivity index (χ1) is 7.17. The van der Waals surface area contributed by atoms with E-state index in [9.17, 15) is 4.39 Å². The van der Waals surface area contributed by atoms with Gasteiger partial charge in [0.05, 0.1) is 18.9 Å². The Labute approximate surface area is 98.0 Å². The Hall–Kier alpha value is -0.880. The molecule has 2 aromatic rings. The first-order valence-electron chi connectivity index (χ1n) is 4.04. The van der Waals surface area contributed by atoms with E-state index in [1.165, 1.54) is 25.6 Å². The maximum atomic E-state index is 13.7. The fourth-order valence-electron chi connectivity index (χ4n) is 1.30. The molecule has 0 saturated heterocycles. The molecule has 0 saturated carbocycles. The number of halogens is 2. The van der Waals surface area contributed by atoms with Gasteiger partial charge in [-0.2, -0.15) is 4.39 Å². The van der Waals surface area contributed by atoms with Gasteiger partial charge < -0.3 is 9.47 Å². The summed E-state index contributed by atoms with van der Waals surface area (Å²) >= 11 is 4.65. The fourth-order valence-corrected chi connectivity index (χ4v) is 2.72. The quantitative estimate of drug-likeness (QED) is 0.851. The van der Waals surface area contributed by atoms with Crippen molar-refractivity contribution in [2.45, 2.75) is 0 Å². The maximum absolute atomic E-state index is 13.7. The maximum Gasteiger partial charge on any atom is 0.209 e. The van der Waals surface area contributed by atoms with Crippen molar-refractivity contribution in [3.8, 4) is 11.5 Å². The van der Waals surface area contributed by atoms with Gasteiger partial charge in [-0.1, -0.05) is 0 Å². The Morgan fingerprint density at radius 3 is 2.73 bits per heavy atom. The molecule has 0 N–H and O–H groups in total. The minimum absolute atomic E-state index is 0.117. The van der Waals surface area contributed by atoms with Crippen molar-refractivity contribution in [1.82, 2.24) is 4.98 Å².